The molecular formula is C22H25F2N3O2. The molecule has 0 bridgehead atoms. The Bertz CT molecular complexity index is 989. The van der Waals surface area contributed by atoms with Gasteiger partial charge in [-0.3, -0.25) is 9.58 Å². The summed E-state index contributed by atoms with van der Waals surface area (Å²) < 4.78 is 34.3. The fourth-order valence-corrected chi connectivity index (χ4v) is 3.79. The van der Waals surface area contributed by atoms with Gasteiger partial charge in [0.15, 0.2) is 0 Å². The minimum absolute atomic E-state index is 0.0497. The molecule has 0 spiro atoms. The van der Waals surface area contributed by atoms with E-state index >= 15 is 0 Å². The van der Waals surface area contributed by atoms with Gasteiger partial charge in [-0.25, -0.2) is 8.78 Å². The van der Waals surface area contributed by atoms with Gasteiger partial charge >= 0.3 is 0 Å². The van der Waals surface area contributed by atoms with Crippen LogP contribution >= 0.6 is 0 Å². The lowest BCUT2D eigenvalue weighted by Gasteiger charge is -2.20. The maximum Gasteiger partial charge on any atom is 0.261 e. The highest BCUT2D eigenvalue weighted by Crippen LogP contribution is 2.33. The van der Waals surface area contributed by atoms with Crippen LogP contribution < -0.4 is 4.74 Å². The number of likely N-dealkylation sites (tertiary alicyclic amines) is 1. The number of aliphatic hydroxyl groups excluding tert-OH is 1. The van der Waals surface area contributed by atoms with Crippen molar-refractivity contribution in [2.24, 2.45) is 0 Å². The number of rotatable bonds is 7. The number of nitrogens with zero attached hydrogens (tertiary/aromatic N) is 3. The molecule has 0 aliphatic carbocycles. The number of alkyl halides is 2. The molecule has 1 fully saturated rings. The second-order valence-corrected chi connectivity index (χ2v) is 7.58. The molecule has 154 valence electrons. The lowest BCUT2D eigenvalue weighted by atomic mass is 10.00. The molecule has 1 aliphatic rings. The van der Waals surface area contributed by atoms with Crippen molar-refractivity contribution >= 4 is 10.8 Å². The van der Waals surface area contributed by atoms with E-state index in [1.54, 1.807) is 4.90 Å². The molecule has 0 saturated carbocycles. The van der Waals surface area contributed by atoms with E-state index in [0.717, 1.165) is 28.4 Å². The van der Waals surface area contributed by atoms with Gasteiger partial charge < -0.3 is 9.84 Å². The maximum absolute atomic E-state index is 13.3. The van der Waals surface area contributed by atoms with Crippen LogP contribution in [-0.4, -0.2) is 58.1 Å². The van der Waals surface area contributed by atoms with E-state index in [2.05, 4.69) is 11.2 Å². The molecule has 5 nitrogen and oxygen atoms in total. The predicted octanol–water partition coefficient (Wildman–Crippen LogP) is 3.80. The van der Waals surface area contributed by atoms with Gasteiger partial charge in [-0.15, -0.1) is 0 Å². The third-order valence-corrected chi connectivity index (χ3v) is 5.26. The van der Waals surface area contributed by atoms with E-state index in [1.165, 1.54) is 0 Å². The molecule has 7 heteroatoms. The topological polar surface area (TPSA) is 50.5 Å². The zero-order valence-electron chi connectivity index (χ0n) is 16.4. The second kappa shape index (κ2) is 8.08. The molecule has 1 aliphatic heterocycles. The van der Waals surface area contributed by atoms with Crippen LogP contribution in [-0.2, 0) is 6.54 Å². The van der Waals surface area contributed by atoms with Crippen molar-refractivity contribution in [1.29, 1.82) is 0 Å². The normalized spacial score (nSPS) is 17.7. The van der Waals surface area contributed by atoms with Crippen molar-refractivity contribution in [3.63, 3.8) is 0 Å². The lowest BCUT2D eigenvalue weighted by Crippen LogP contribution is -2.35. The van der Waals surface area contributed by atoms with Crippen molar-refractivity contribution in [3.05, 3.63) is 48.8 Å². The first-order valence-electron chi connectivity index (χ1n) is 9.90. The van der Waals surface area contributed by atoms with Crippen LogP contribution in [0.1, 0.15) is 13.3 Å². The van der Waals surface area contributed by atoms with Crippen LogP contribution in [0.5, 0.6) is 5.75 Å². The first-order valence-corrected chi connectivity index (χ1v) is 9.90. The Kier molecular flexibility index (Phi) is 5.52. The summed E-state index contributed by atoms with van der Waals surface area (Å²) in [6.07, 6.45) is 2.84. The average molecular weight is 401 g/mol. The van der Waals surface area contributed by atoms with E-state index in [0.29, 0.717) is 12.3 Å². The van der Waals surface area contributed by atoms with Crippen LogP contribution in [0.25, 0.3) is 21.9 Å². The van der Waals surface area contributed by atoms with E-state index < -0.39 is 12.0 Å². The molecule has 4 rings (SSSR count). The zero-order valence-corrected chi connectivity index (χ0v) is 16.4. The number of aliphatic hydroxyl groups is 1. The van der Waals surface area contributed by atoms with E-state index in [1.807, 2.05) is 54.3 Å². The summed E-state index contributed by atoms with van der Waals surface area (Å²) in [4.78, 5) is 1.58. The summed E-state index contributed by atoms with van der Waals surface area (Å²) in [5, 5.41) is 16.7. The fraction of sp³-hybridized carbons (Fsp3) is 0.409. The van der Waals surface area contributed by atoms with Crippen molar-refractivity contribution in [3.8, 4) is 16.9 Å². The summed E-state index contributed by atoms with van der Waals surface area (Å²) in [7, 11) is 0. The van der Waals surface area contributed by atoms with Gasteiger partial charge in [0.1, 0.15) is 18.5 Å². The number of aromatic nitrogens is 2. The summed E-state index contributed by atoms with van der Waals surface area (Å²) in [5.41, 5.74) is 2.00. The number of halogens is 2. The quantitative estimate of drug-likeness (QED) is 0.654. The highest BCUT2D eigenvalue weighted by atomic mass is 19.3. The predicted molar refractivity (Wildman–Crippen MR) is 108 cm³/mol. The molecule has 1 aromatic heterocycles. The number of benzene rings is 2. The standard InChI is InChI=1S/C22H25F2N3O2/c1-2-27-12-17(11-25-27)21-10-19(9-16-5-3-4-6-20(16)21)29-14-18(28)13-26-8-7-22(23,24)15-26/h3-6,9-12,18,28H,2,7-8,13-15H2,1H3. The van der Waals surface area contributed by atoms with Gasteiger partial charge in [0.25, 0.3) is 5.92 Å². The summed E-state index contributed by atoms with van der Waals surface area (Å²) in [5.74, 6) is -2.02. The second-order valence-electron chi connectivity index (χ2n) is 7.58. The number of aryl methyl sites for hydroxylation is 1. The van der Waals surface area contributed by atoms with E-state index in [4.69, 9.17) is 4.74 Å². The molecule has 1 unspecified atom stereocenters. The maximum atomic E-state index is 13.3. The van der Waals surface area contributed by atoms with Gasteiger partial charge in [0.2, 0.25) is 0 Å². The Morgan fingerprint density at radius 3 is 2.83 bits per heavy atom. The fourth-order valence-electron chi connectivity index (χ4n) is 3.79. The third kappa shape index (κ3) is 4.57. The molecule has 2 heterocycles. The number of fused-ring (bicyclic) bond motifs is 1. The van der Waals surface area contributed by atoms with Gasteiger partial charge in [0.05, 0.1) is 12.7 Å². The van der Waals surface area contributed by atoms with E-state index in [-0.39, 0.29) is 26.1 Å². The monoisotopic (exact) mass is 401 g/mol. The molecule has 2 aromatic carbocycles. The van der Waals surface area contributed by atoms with Crippen LogP contribution in [0.4, 0.5) is 8.78 Å². The Morgan fingerprint density at radius 1 is 1.28 bits per heavy atom. The van der Waals surface area contributed by atoms with Gasteiger partial charge in [-0.1, -0.05) is 24.3 Å². The average Bonchev–Trinajstić information content (AvgIpc) is 3.31. The number of β-amino-alcohol motifs (C(OH)–C–C–N with tert-alkyl or cyclic N) is 1. The minimum atomic E-state index is -2.66. The molecule has 3 aromatic rings. The number of hydrogen-bond donors (Lipinski definition) is 1. The van der Waals surface area contributed by atoms with Crippen molar-refractivity contribution in [2.75, 3.05) is 26.2 Å². The summed E-state index contributed by atoms with van der Waals surface area (Å²) >= 11 is 0. The Balaban J connectivity index is 1.50. The van der Waals surface area contributed by atoms with Crippen LogP contribution in [0.3, 0.4) is 0 Å². The summed E-state index contributed by atoms with van der Waals surface area (Å²) in [6, 6.07) is 11.9. The molecular weight excluding hydrogens is 376 g/mol. The molecule has 1 N–H and O–H groups in total. The highest BCUT2D eigenvalue weighted by Gasteiger charge is 2.38. The molecule has 0 radical (unpaired) electrons. The summed E-state index contributed by atoms with van der Waals surface area (Å²) in [6.45, 7) is 3.05. The lowest BCUT2D eigenvalue weighted by molar-refractivity contribution is 0.00461. The Labute approximate surface area is 168 Å². The van der Waals surface area contributed by atoms with Crippen LogP contribution in [0.15, 0.2) is 48.8 Å². The Hall–Kier alpha value is -2.51. The van der Waals surface area contributed by atoms with Gasteiger partial charge in [-0.2, -0.15) is 5.10 Å². The first kappa shape index (κ1) is 19.8. The van der Waals surface area contributed by atoms with Gasteiger partial charge in [-0.05, 0) is 35.4 Å². The largest absolute Gasteiger partial charge is 0.491 e. The number of hydrogen-bond acceptors (Lipinski definition) is 4. The van der Waals surface area contributed by atoms with Crippen molar-refractivity contribution in [2.45, 2.75) is 31.9 Å². The SMILES string of the molecule is CCn1cc(-c2cc(OCC(O)CN3CCC(F)(F)C3)cc3ccccc23)cn1. The first-order chi connectivity index (χ1) is 13.9. The van der Waals surface area contributed by atoms with Crippen molar-refractivity contribution < 1.29 is 18.6 Å². The van der Waals surface area contributed by atoms with E-state index in [9.17, 15) is 13.9 Å². The van der Waals surface area contributed by atoms with Crippen LogP contribution in [0, 0.1) is 0 Å². The van der Waals surface area contributed by atoms with Crippen LogP contribution in [0.2, 0.25) is 0 Å². The zero-order chi connectivity index (χ0) is 20.4. The minimum Gasteiger partial charge on any atom is -0.491 e. The highest BCUT2D eigenvalue weighted by molar-refractivity contribution is 5.97. The smallest absolute Gasteiger partial charge is 0.261 e. The number of ether oxygens (including phenoxy) is 1. The molecule has 0 amide bonds. The third-order valence-electron chi connectivity index (χ3n) is 5.26. The molecule has 1 saturated heterocycles. The van der Waals surface area contributed by atoms with Gasteiger partial charge in [0, 0.05) is 37.8 Å². The molecule has 1 atom stereocenters. The molecule has 29 heavy (non-hydrogen) atoms. The Morgan fingerprint density at radius 2 is 2.10 bits per heavy atom. The van der Waals surface area contributed by atoms with Crippen molar-refractivity contribution in [1.82, 2.24) is 14.7 Å².